The second kappa shape index (κ2) is 6.42. The van der Waals surface area contributed by atoms with E-state index in [0.29, 0.717) is 23.7 Å². The Balaban J connectivity index is 2.43. The van der Waals surface area contributed by atoms with Crippen molar-refractivity contribution in [1.82, 2.24) is 15.0 Å². The highest BCUT2D eigenvalue weighted by molar-refractivity contribution is 5.90. The molecular formula is C13H21N6O+. The molecular weight excluding hydrogens is 256 g/mol. The Labute approximate surface area is 117 Å². The first-order chi connectivity index (χ1) is 9.61. The number of aryl methyl sites for hydroxylation is 1. The fraction of sp³-hybridized carbons (Fsp3) is 0.538. The molecule has 2 aromatic rings. The lowest BCUT2D eigenvalue weighted by molar-refractivity contribution is -0.364. The van der Waals surface area contributed by atoms with Crippen molar-refractivity contribution in [3.8, 4) is 0 Å². The van der Waals surface area contributed by atoms with Crippen LogP contribution in [0.15, 0.2) is 6.33 Å². The van der Waals surface area contributed by atoms with Gasteiger partial charge in [-0.3, -0.25) is 0 Å². The summed E-state index contributed by atoms with van der Waals surface area (Å²) in [5.74, 6) is 2.14. The third-order valence-corrected chi connectivity index (χ3v) is 2.75. The van der Waals surface area contributed by atoms with E-state index in [1.54, 1.807) is 13.3 Å². The summed E-state index contributed by atoms with van der Waals surface area (Å²) in [5, 5.41) is 15.8. The minimum absolute atomic E-state index is 0.420. The summed E-state index contributed by atoms with van der Waals surface area (Å²) in [6, 6.07) is 0. The maximum absolute atomic E-state index is 9.38. The number of fused-ring (bicyclic) bond motifs is 1. The summed E-state index contributed by atoms with van der Waals surface area (Å²) in [5.41, 5.74) is 1.44. The maximum atomic E-state index is 9.38. The average molecular weight is 277 g/mol. The van der Waals surface area contributed by atoms with Crippen LogP contribution in [0.1, 0.15) is 26.1 Å². The van der Waals surface area contributed by atoms with Crippen molar-refractivity contribution >= 4 is 22.7 Å². The van der Waals surface area contributed by atoms with Crippen molar-refractivity contribution in [3.05, 3.63) is 12.2 Å². The van der Waals surface area contributed by atoms with Crippen molar-refractivity contribution < 1.29 is 10.1 Å². The van der Waals surface area contributed by atoms with Crippen LogP contribution in [0, 0.1) is 6.92 Å². The number of H-pyrrole nitrogens is 1. The number of rotatable bonds is 6. The first-order valence-corrected chi connectivity index (χ1v) is 6.82. The molecule has 2 aromatic heterocycles. The molecule has 0 saturated heterocycles. The van der Waals surface area contributed by atoms with Crippen molar-refractivity contribution in [3.63, 3.8) is 0 Å². The predicted molar refractivity (Wildman–Crippen MR) is 77.6 cm³/mol. The van der Waals surface area contributed by atoms with Gasteiger partial charge in [-0.05, 0) is 20.3 Å². The van der Waals surface area contributed by atoms with E-state index in [-0.39, 0.29) is 0 Å². The van der Waals surface area contributed by atoms with Gasteiger partial charge in [0.05, 0.1) is 12.6 Å². The molecule has 2 heterocycles. The van der Waals surface area contributed by atoms with Crippen LogP contribution in [0.5, 0.6) is 0 Å². The van der Waals surface area contributed by atoms with E-state index in [0.717, 1.165) is 24.3 Å². The van der Waals surface area contributed by atoms with Gasteiger partial charge in [0, 0.05) is 6.54 Å². The van der Waals surface area contributed by atoms with Gasteiger partial charge in [-0.15, -0.1) is 4.98 Å². The second-order valence-electron chi connectivity index (χ2n) is 4.75. The molecule has 0 aromatic carbocycles. The summed E-state index contributed by atoms with van der Waals surface area (Å²) >= 11 is 0. The minimum Gasteiger partial charge on any atom is -0.392 e. The lowest BCUT2D eigenvalue weighted by Crippen LogP contribution is -2.19. The van der Waals surface area contributed by atoms with E-state index in [1.807, 2.05) is 6.92 Å². The van der Waals surface area contributed by atoms with E-state index < -0.39 is 6.10 Å². The summed E-state index contributed by atoms with van der Waals surface area (Å²) in [6.45, 7) is 6.94. The molecule has 0 aliphatic heterocycles. The van der Waals surface area contributed by atoms with Crippen LogP contribution in [0.4, 0.5) is 11.6 Å². The van der Waals surface area contributed by atoms with Gasteiger partial charge in [-0.1, -0.05) is 6.92 Å². The Morgan fingerprint density at radius 1 is 1.30 bits per heavy atom. The highest BCUT2D eigenvalue weighted by Gasteiger charge is 2.16. The zero-order chi connectivity index (χ0) is 14.5. The normalized spacial score (nSPS) is 12.4. The van der Waals surface area contributed by atoms with Crippen LogP contribution in [-0.4, -0.2) is 39.3 Å². The number of aliphatic hydroxyl groups excluding tert-OH is 1. The molecule has 7 nitrogen and oxygen atoms in total. The standard InChI is InChI=1S/C13H20N6O/c1-4-5-14-12-11-10(16-7-17-12)13(15-6-8(2)20)19-9(3)18-11/h7-8,20H,4-6H2,1-3H3,(H,14,16,17)(H,15,18,19)/p+1. The maximum Gasteiger partial charge on any atom is 0.249 e. The van der Waals surface area contributed by atoms with Crippen LogP contribution in [0.3, 0.4) is 0 Å². The van der Waals surface area contributed by atoms with E-state index in [2.05, 4.69) is 37.5 Å². The summed E-state index contributed by atoms with van der Waals surface area (Å²) in [4.78, 5) is 16.2. The molecule has 0 radical (unpaired) electrons. The lowest BCUT2D eigenvalue weighted by Gasteiger charge is -2.09. The molecule has 0 saturated carbocycles. The van der Waals surface area contributed by atoms with Crippen molar-refractivity contribution in [1.29, 1.82) is 0 Å². The van der Waals surface area contributed by atoms with E-state index in [4.69, 9.17) is 0 Å². The quantitative estimate of drug-likeness (QED) is 0.721. The minimum atomic E-state index is -0.451. The number of nitrogens with zero attached hydrogens (tertiary/aromatic N) is 3. The van der Waals surface area contributed by atoms with Gasteiger partial charge in [0.1, 0.15) is 5.82 Å². The zero-order valence-corrected chi connectivity index (χ0v) is 12.1. The van der Waals surface area contributed by atoms with Gasteiger partial charge in [0.15, 0.2) is 11.3 Å². The number of aromatic nitrogens is 4. The molecule has 0 aliphatic carbocycles. The second-order valence-corrected chi connectivity index (χ2v) is 4.75. The Morgan fingerprint density at radius 2 is 2.10 bits per heavy atom. The predicted octanol–water partition coefficient (Wildman–Crippen LogP) is 0.762. The van der Waals surface area contributed by atoms with Gasteiger partial charge in [-0.25, -0.2) is 15.0 Å². The lowest BCUT2D eigenvalue weighted by atomic mass is 10.3. The Bertz CT molecular complexity index is 586. The van der Waals surface area contributed by atoms with Gasteiger partial charge in [0.2, 0.25) is 17.7 Å². The molecule has 2 rings (SSSR count). The summed E-state index contributed by atoms with van der Waals surface area (Å²) in [7, 11) is 0. The molecule has 0 spiro atoms. The van der Waals surface area contributed by atoms with Gasteiger partial charge < -0.3 is 15.7 Å². The van der Waals surface area contributed by atoms with E-state index in [1.165, 1.54) is 0 Å². The Kier molecular flexibility index (Phi) is 4.62. The van der Waals surface area contributed by atoms with Gasteiger partial charge in [-0.2, -0.15) is 0 Å². The van der Waals surface area contributed by atoms with E-state index in [9.17, 15) is 5.11 Å². The molecule has 108 valence electrons. The topological polar surface area (TPSA) is 97.1 Å². The number of aromatic amines is 1. The number of hydrogen-bond acceptors (Lipinski definition) is 6. The van der Waals surface area contributed by atoms with Crippen molar-refractivity contribution in [2.24, 2.45) is 0 Å². The fourth-order valence-corrected chi connectivity index (χ4v) is 1.85. The number of hydrogen-bond donors (Lipinski definition) is 3. The monoisotopic (exact) mass is 277 g/mol. The average Bonchev–Trinajstić information content (AvgIpc) is 2.42. The largest absolute Gasteiger partial charge is 0.392 e. The molecule has 1 atom stereocenters. The molecule has 1 unspecified atom stereocenters. The number of aliphatic hydroxyl groups is 1. The molecule has 0 bridgehead atoms. The molecule has 0 aliphatic rings. The number of anilines is 2. The third kappa shape index (κ3) is 3.30. The van der Waals surface area contributed by atoms with Crippen molar-refractivity contribution in [2.75, 3.05) is 23.7 Å². The SMILES string of the molecule is CCCNc1[nH+]cnc2c(NCC(C)O)nc(C)nc12. The Morgan fingerprint density at radius 3 is 2.80 bits per heavy atom. The van der Waals surface area contributed by atoms with Crippen molar-refractivity contribution in [2.45, 2.75) is 33.3 Å². The van der Waals surface area contributed by atoms with Crippen LogP contribution >= 0.6 is 0 Å². The third-order valence-electron chi connectivity index (χ3n) is 2.75. The van der Waals surface area contributed by atoms with Crippen LogP contribution < -0.4 is 15.6 Å². The summed E-state index contributed by atoms with van der Waals surface area (Å²) < 4.78 is 0. The van der Waals surface area contributed by atoms with Gasteiger partial charge in [0.25, 0.3) is 0 Å². The molecule has 20 heavy (non-hydrogen) atoms. The Hall–Kier alpha value is -2.02. The zero-order valence-electron chi connectivity index (χ0n) is 12.1. The highest BCUT2D eigenvalue weighted by Crippen LogP contribution is 2.21. The smallest absolute Gasteiger partial charge is 0.249 e. The number of nitrogens with one attached hydrogen (secondary N) is 3. The van der Waals surface area contributed by atoms with Crippen LogP contribution in [-0.2, 0) is 0 Å². The molecule has 0 amide bonds. The van der Waals surface area contributed by atoms with Gasteiger partial charge >= 0.3 is 0 Å². The summed E-state index contributed by atoms with van der Waals surface area (Å²) in [6.07, 6.45) is 2.19. The molecule has 4 N–H and O–H groups in total. The first kappa shape index (κ1) is 14.4. The van der Waals surface area contributed by atoms with Crippen LogP contribution in [0.25, 0.3) is 11.0 Å². The first-order valence-electron chi connectivity index (χ1n) is 6.82. The molecule has 7 heteroatoms. The van der Waals surface area contributed by atoms with Crippen LogP contribution in [0.2, 0.25) is 0 Å². The highest BCUT2D eigenvalue weighted by atomic mass is 16.3. The fourth-order valence-electron chi connectivity index (χ4n) is 1.85. The molecule has 0 fully saturated rings. The van der Waals surface area contributed by atoms with E-state index >= 15 is 0 Å².